The maximum absolute atomic E-state index is 13.5. The zero-order valence-corrected chi connectivity index (χ0v) is 22.9. The highest BCUT2D eigenvalue weighted by atomic mass is 35.5. The average Bonchev–Trinajstić information content (AvgIpc) is 3.10. The van der Waals surface area contributed by atoms with Gasteiger partial charge in [-0.05, 0) is 66.8 Å². The number of rotatable bonds is 5. The zero-order chi connectivity index (χ0) is 27.1. The van der Waals surface area contributed by atoms with Crippen molar-refractivity contribution in [1.29, 1.82) is 0 Å². The summed E-state index contributed by atoms with van der Waals surface area (Å²) >= 11 is 12.4. The summed E-state index contributed by atoms with van der Waals surface area (Å²) in [4.78, 5) is 28.3. The Kier molecular flexibility index (Phi) is 7.40. The van der Waals surface area contributed by atoms with Crippen LogP contribution in [-0.2, 0) is 15.0 Å². The number of aliphatic hydroxyl groups is 1. The van der Waals surface area contributed by atoms with Gasteiger partial charge in [0.25, 0.3) is 11.7 Å². The van der Waals surface area contributed by atoms with Crippen molar-refractivity contribution in [3.63, 3.8) is 0 Å². The number of halogens is 2. The summed E-state index contributed by atoms with van der Waals surface area (Å²) in [6.07, 6.45) is 0. The number of carbonyl (C=O) groups excluding carboxylic acids is 2. The van der Waals surface area contributed by atoms with Crippen molar-refractivity contribution in [1.82, 2.24) is 0 Å². The second-order valence-electron chi connectivity index (χ2n) is 10.0. The van der Waals surface area contributed by atoms with Crippen LogP contribution in [0.1, 0.15) is 56.0 Å². The highest BCUT2D eigenvalue weighted by Gasteiger charge is 2.47. The lowest BCUT2D eigenvalue weighted by molar-refractivity contribution is -0.132. The van der Waals surface area contributed by atoms with Gasteiger partial charge in [-0.15, -0.1) is 0 Å². The molecular weight excluding hydrogens is 509 g/mol. The highest BCUT2D eigenvalue weighted by molar-refractivity contribution is 6.52. The Morgan fingerprint density at radius 3 is 2.32 bits per heavy atom. The molecule has 4 rings (SSSR count). The summed E-state index contributed by atoms with van der Waals surface area (Å²) in [5.41, 5.74) is 3.02. The first kappa shape index (κ1) is 26.8. The Morgan fingerprint density at radius 1 is 1.00 bits per heavy atom. The molecule has 0 aromatic heterocycles. The number of carbonyl (C=O) groups is 2. The van der Waals surface area contributed by atoms with Crippen LogP contribution in [-0.4, -0.2) is 23.4 Å². The molecule has 7 heteroatoms. The molecule has 1 saturated heterocycles. The molecule has 1 amide bonds. The molecule has 3 aromatic rings. The number of hydrogen-bond donors (Lipinski definition) is 1. The predicted molar refractivity (Wildman–Crippen MR) is 149 cm³/mol. The number of anilines is 1. The third-order valence-electron chi connectivity index (χ3n) is 6.47. The number of benzene rings is 3. The first-order valence-electron chi connectivity index (χ1n) is 12.0. The molecule has 192 valence electrons. The van der Waals surface area contributed by atoms with E-state index in [-0.39, 0.29) is 21.8 Å². The van der Waals surface area contributed by atoms with Gasteiger partial charge in [-0.3, -0.25) is 14.5 Å². The minimum absolute atomic E-state index is 0.00870. The van der Waals surface area contributed by atoms with Gasteiger partial charge >= 0.3 is 0 Å². The summed E-state index contributed by atoms with van der Waals surface area (Å²) in [6.45, 7) is 10.4. The van der Waals surface area contributed by atoms with E-state index in [0.29, 0.717) is 28.6 Å². The van der Waals surface area contributed by atoms with Gasteiger partial charge in [0.1, 0.15) is 11.5 Å². The Labute approximate surface area is 227 Å². The molecule has 37 heavy (non-hydrogen) atoms. The van der Waals surface area contributed by atoms with Gasteiger partial charge in [0, 0.05) is 16.8 Å². The lowest BCUT2D eigenvalue weighted by atomic mass is 9.84. The van der Waals surface area contributed by atoms with Crippen LogP contribution in [0.2, 0.25) is 10.0 Å². The summed E-state index contributed by atoms with van der Waals surface area (Å²) < 4.78 is 5.81. The molecule has 0 saturated carbocycles. The second-order valence-corrected chi connectivity index (χ2v) is 10.8. The highest BCUT2D eigenvalue weighted by Crippen LogP contribution is 2.45. The first-order valence-corrected chi connectivity index (χ1v) is 12.8. The van der Waals surface area contributed by atoms with Crippen molar-refractivity contribution in [2.24, 2.45) is 0 Å². The molecule has 3 aromatic carbocycles. The standard InChI is InChI=1S/C30H29Cl2NO4/c1-6-37-24-14-11-18(15-21(24)30(3,4)5)27(34)25-26(20-10-8-7-9-17(20)2)33(29(36)28(25)35)19-12-13-22(31)23(32)16-19/h7-16,26,34H,6H2,1-5H3/b27-25+. The summed E-state index contributed by atoms with van der Waals surface area (Å²) in [7, 11) is 0. The topological polar surface area (TPSA) is 66.8 Å². The molecular formula is C30H29Cl2NO4. The fourth-order valence-electron chi connectivity index (χ4n) is 4.62. The van der Waals surface area contributed by atoms with E-state index in [4.69, 9.17) is 27.9 Å². The number of ketones is 1. The van der Waals surface area contributed by atoms with Gasteiger partial charge in [-0.1, -0.05) is 68.2 Å². The molecule has 1 atom stereocenters. The first-order chi connectivity index (χ1) is 17.5. The monoisotopic (exact) mass is 537 g/mol. The number of aliphatic hydroxyl groups excluding tert-OH is 1. The van der Waals surface area contributed by atoms with Crippen LogP contribution in [0.4, 0.5) is 5.69 Å². The quantitative estimate of drug-likeness (QED) is 0.206. The predicted octanol–water partition coefficient (Wildman–Crippen LogP) is 7.62. The van der Waals surface area contributed by atoms with Gasteiger partial charge in [-0.25, -0.2) is 0 Å². The minimum Gasteiger partial charge on any atom is -0.507 e. The van der Waals surface area contributed by atoms with E-state index in [1.54, 1.807) is 30.3 Å². The van der Waals surface area contributed by atoms with Crippen LogP contribution >= 0.6 is 23.2 Å². The van der Waals surface area contributed by atoms with Crippen molar-refractivity contribution in [3.05, 3.63) is 98.5 Å². The number of nitrogens with zero attached hydrogens (tertiary/aromatic N) is 1. The largest absolute Gasteiger partial charge is 0.507 e. The third-order valence-corrected chi connectivity index (χ3v) is 7.21. The van der Waals surface area contributed by atoms with E-state index in [1.807, 2.05) is 65.0 Å². The molecule has 5 nitrogen and oxygen atoms in total. The Hall–Kier alpha value is -3.28. The van der Waals surface area contributed by atoms with Crippen LogP contribution in [0.3, 0.4) is 0 Å². The molecule has 1 aliphatic rings. The zero-order valence-electron chi connectivity index (χ0n) is 21.4. The van der Waals surface area contributed by atoms with Crippen molar-refractivity contribution in [2.45, 2.75) is 46.1 Å². The smallest absolute Gasteiger partial charge is 0.300 e. The van der Waals surface area contributed by atoms with Gasteiger partial charge in [0.05, 0.1) is 28.3 Å². The normalized spacial score (nSPS) is 17.4. The molecule has 1 unspecified atom stereocenters. The van der Waals surface area contributed by atoms with Gasteiger partial charge < -0.3 is 9.84 Å². The van der Waals surface area contributed by atoms with Crippen LogP contribution in [0.15, 0.2) is 66.2 Å². The number of amides is 1. The van der Waals surface area contributed by atoms with Crippen molar-refractivity contribution in [3.8, 4) is 5.75 Å². The SMILES string of the molecule is CCOc1ccc(/C(O)=C2\C(=O)C(=O)N(c3ccc(Cl)c(Cl)c3)C2c2ccccc2C)cc1C(C)(C)C. The lowest BCUT2D eigenvalue weighted by Crippen LogP contribution is -2.29. The van der Waals surface area contributed by atoms with E-state index in [9.17, 15) is 14.7 Å². The maximum atomic E-state index is 13.5. The lowest BCUT2D eigenvalue weighted by Gasteiger charge is -2.27. The number of hydrogen-bond acceptors (Lipinski definition) is 4. The molecule has 0 radical (unpaired) electrons. The van der Waals surface area contributed by atoms with Crippen LogP contribution < -0.4 is 9.64 Å². The Morgan fingerprint density at radius 2 is 1.70 bits per heavy atom. The van der Waals surface area contributed by atoms with Crippen molar-refractivity contribution >= 4 is 46.3 Å². The van der Waals surface area contributed by atoms with Crippen LogP contribution in [0.25, 0.3) is 5.76 Å². The number of aryl methyl sites for hydroxylation is 1. The Balaban J connectivity index is 1.97. The Bertz CT molecular complexity index is 1420. The number of Topliss-reactive ketones (excluding diaryl/α,β-unsaturated/α-hetero) is 1. The molecule has 0 aliphatic carbocycles. The molecule has 0 bridgehead atoms. The molecule has 1 fully saturated rings. The summed E-state index contributed by atoms with van der Waals surface area (Å²) in [5.74, 6) is -1.07. The summed E-state index contributed by atoms with van der Waals surface area (Å²) in [6, 6.07) is 16.7. The van der Waals surface area contributed by atoms with Crippen molar-refractivity contribution < 1.29 is 19.4 Å². The molecule has 1 aliphatic heterocycles. The van der Waals surface area contributed by atoms with Crippen molar-refractivity contribution in [2.75, 3.05) is 11.5 Å². The van der Waals surface area contributed by atoms with Crippen LogP contribution in [0.5, 0.6) is 5.75 Å². The van der Waals surface area contributed by atoms with Gasteiger partial charge in [0.15, 0.2) is 0 Å². The summed E-state index contributed by atoms with van der Waals surface area (Å²) in [5, 5.41) is 12.2. The minimum atomic E-state index is -0.858. The van der Waals surface area contributed by atoms with Crippen LogP contribution in [0, 0.1) is 6.92 Å². The average molecular weight is 538 g/mol. The molecule has 1 heterocycles. The van der Waals surface area contributed by atoms with Gasteiger partial charge in [0.2, 0.25) is 0 Å². The fraction of sp³-hybridized carbons (Fsp3) is 0.267. The third kappa shape index (κ3) is 4.98. The fourth-order valence-corrected chi connectivity index (χ4v) is 4.91. The van der Waals surface area contributed by atoms with E-state index >= 15 is 0 Å². The van der Waals surface area contributed by atoms with E-state index < -0.39 is 17.7 Å². The molecule has 1 N–H and O–H groups in total. The van der Waals surface area contributed by atoms with Gasteiger partial charge in [-0.2, -0.15) is 0 Å². The van der Waals surface area contributed by atoms with E-state index in [0.717, 1.165) is 16.7 Å². The second kappa shape index (κ2) is 10.2. The van der Waals surface area contributed by atoms with E-state index in [2.05, 4.69) is 0 Å². The number of ether oxygens (including phenoxy) is 1. The van der Waals surface area contributed by atoms with E-state index in [1.165, 1.54) is 4.90 Å². The maximum Gasteiger partial charge on any atom is 0.300 e. The molecule has 0 spiro atoms.